The highest BCUT2D eigenvalue weighted by Gasteiger charge is 2.52. The molecule has 0 amide bonds. The number of carbonyl (C=O) groups excluding carboxylic acids is 1. The zero-order valence-corrected chi connectivity index (χ0v) is 22.8. The van der Waals surface area contributed by atoms with Gasteiger partial charge in [0.2, 0.25) is 0 Å². The van der Waals surface area contributed by atoms with Gasteiger partial charge in [0.25, 0.3) is 0 Å². The number of aliphatic hydroxyl groups is 3. The van der Waals surface area contributed by atoms with E-state index in [1.54, 1.807) is 0 Å². The van der Waals surface area contributed by atoms with Crippen molar-refractivity contribution < 1.29 is 20.1 Å². The minimum atomic E-state index is -0.856. The van der Waals surface area contributed by atoms with Crippen LogP contribution in [0.5, 0.6) is 0 Å². The van der Waals surface area contributed by atoms with E-state index < -0.39 is 17.1 Å². The van der Waals surface area contributed by atoms with Gasteiger partial charge >= 0.3 is 0 Å². The van der Waals surface area contributed by atoms with Gasteiger partial charge in [-0.3, -0.25) is 4.79 Å². The highest BCUT2D eigenvalue weighted by Crippen LogP contribution is 2.55. The van der Waals surface area contributed by atoms with Crippen LogP contribution in [0.4, 0.5) is 0 Å². The molecule has 1 rings (SSSR count). The summed E-state index contributed by atoms with van der Waals surface area (Å²) in [6, 6.07) is 0. The maximum Gasteiger partial charge on any atom is 0.145 e. The van der Waals surface area contributed by atoms with E-state index in [9.17, 15) is 20.1 Å². The van der Waals surface area contributed by atoms with Crippen molar-refractivity contribution >= 4 is 6.29 Å². The van der Waals surface area contributed by atoms with Gasteiger partial charge in [0.05, 0.1) is 11.7 Å². The molecule has 0 spiro atoms. The Kier molecular flexibility index (Phi) is 12.7. The normalized spacial score (nSPS) is 28.5. The smallest absolute Gasteiger partial charge is 0.145 e. The SMILES string of the molecule is CC(C)=CCC/C(C)=C/C[C@H](O)/C(C)=C/CC[C@@]1(C)[C@H](CCCO)/C(=C(\C)C=O)CC[C@]1(C)O. The van der Waals surface area contributed by atoms with Crippen LogP contribution in [0.2, 0.25) is 0 Å². The summed E-state index contributed by atoms with van der Waals surface area (Å²) < 4.78 is 0. The first kappa shape index (κ1) is 30.5. The van der Waals surface area contributed by atoms with Crippen molar-refractivity contribution in [1.82, 2.24) is 0 Å². The largest absolute Gasteiger partial charge is 0.396 e. The molecule has 0 radical (unpaired) electrons. The molecular weight excluding hydrogens is 424 g/mol. The van der Waals surface area contributed by atoms with Crippen LogP contribution in [0.15, 0.2) is 46.1 Å². The fourth-order valence-corrected chi connectivity index (χ4v) is 5.30. The topological polar surface area (TPSA) is 77.8 Å². The first-order chi connectivity index (χ1) is 15.9. The monoisotopic (exact) mass is 474 g/mol. The third kappa shape index (κ3) is 8.62. The van der Waals surface area contributed by atoms with E-state index in [-0.39, 0.29) is 12.5 Å². The van der Waals surface area contributed by atoms with E-state index in [1.165, 1.54) is 11.1 Å². The van der Waals surface area contributed by atoms with Crippen molar-refractivity contribution in [2.75, 3.05) is 6.61 Å². The number of aliphatic hydroxyl groups excluding tert-OH is 2. The number of allylic oxidation sites excluding steroid dienone is 6. The third-order valence-corrected chi connectivity index (χ3v) is 8.07. The van der Waals surface area contributed by atoms with Crippen LogP contribution in [0.3, 0.4) is 0 Å². The summed E-state index contributed by atoms with van der Waals surface area (Å²) >= 11 is 0. The lowest BCUT2D eigenvalue weighted by molar-refractivity contribution is -0.115. The molecule has 4 nitrogen and oxygen atoms in total. The zero-order chi connectivity index (χ0) is 25.9. The standard InChI is InChI=1S/C30H50O4/c1-22(2)11-8-12-23(3)15-16-28(33)24(4)13-9-18-29(6)27(14-10-20-31)26(25(5)21-32)17-19-30(29,7)34/h11,13,15,21,27-28,31,33-34H,8-10,12,14,16-20H2,1-7H3/b23-15+,24-13+,26-25+/t27-,28+,29+,30+/m1/s1. The molecule has 0 saturated heterocycles. The van der Waals surface area contributed by atoms with E-state index in [4.69, 9.17) is 0 Å². The molecule has 4 heteroatoms. The highest BCUT2D eigenvalue weighted by molar-refractivity contribution is 5.74. The molecule has 0 aromatic carbocycles. The molecule has 34 heavy (non-hydrogen) atoms. The number of hydrogen-bond donors (Lipinski definition) is 3. The number of hydrogen-bond acceptors (Lipinski definition) is 4. The van der Waals surface area contributed by atoms with Gasteiger partial charge in [-0.25, -0.2) is 0 Å². The average Bonchev–Trinajstić information content (AvgIpc) is 2.77. The Balaban J connectivity index is 2.92. The Morgan fingerprint density at radius 1 is 1.09 bits per heavy atom. The molecule has 4 atom stereocenters. The summed E-state index contributed by atoms with van der Waals surface area (Å²) in [6.07, 6.45) is 13.8. The van der Waals surface area contributed by atoms with Crippen LogP contribution in [0.1, 0.15) is 106 Å². The Morgan fingerprint density at radius 2 is 1.76 bits per heavy atom. The quantitative estimate of drug-likeness (QED) is 0.159. The molecular formula is C30H50O4. The molecule has 0 aliphatic heterocycles. The molecule has 0 unspecified atom stereocenters. The minimum absolute atomic E-state index is 0.0543. The summed E-state index contributed by atoms with van der Waals surface area (Å²) in [6.45, 7) is 14.3. The van der Waals surface area contributed by atoms with Crippen molar-refractivity contribution in [2.24, 2.45) is 11.3 Å². The number of carbonyl (C=O) groups is 1. The van der Waals surface area contributed by atoms with Gasteiger partial charge in [0.15, 0.2) is 0 Å². The Morgan fingerprint density at radius 3 is 2.35 bits per heavy atom. The first-order valence-corrected chi connectivity index (χ1v) is 13.0. The molecule has 0 heterocycles. The molecule has 0 bridgehead atoms. The lowest BCUT2D eigenvalue weighted by atomic mass is 9.54. The van der Waals surface area contributed by atoms with Crippen molar-refractivity contribution in [3.63, 3.8) is 0 Å². The van der Waals surface area contributed by atoms with Gasteiger partial charge in [-0.05, 0) is 116 Å². The lowest BCUT2D eigenvalue weighted by Gasteiger charge is -2.53. The summed E-state index contributed by atoms with van der Waals surface area (Å²) in [7, 11) is 0. The van der Waals surface area contributed by atoms with Crippen molar-refractivity contribution in [1.29, 1.82) is 0 Å². The second-order valence-corrected chi connectivity index (χ2v) is 11.0. The van der Waals surface area contributed by atoms with Crippen molar-refractivity contribution in [2.45, 2.75) is 118 Å². The second kappa shape index (κ2) is 14.2. The average molecular weight is 475 g/mol. The molecule has 1 fully saturated rings. The highest BCUT2D eigenvalue weighted by atomic mass is 16.3. The second-order valence-electron chi connectivity index (χ2n) is 11.0. The fourth-order valence-electron chi connectivity index (χ4n) is 5.30. The van der Waals surface area contributed by atoms with Gasteiger partial charge in [-0.1, -0.05) is 41.9 Å². The zero-order valence-electron chi connectivity index (χ0n) is 22.8. The summed E-state index contributed by atoms with van der Waals surface area (Å²) in [5.41, 5.74) is 4.21. The summed E-state index contributed by atoms with van der Waals surface area (Å²) in [5.74, 6) is 0.0543. The van der Waals surface area contributed by atoms with Crippen LogP contribution in [-0.2, 0) is 4.79 Å². The van der Waals surface area contributed by atoms with Gasteiger partial charge < -0.3 is 15.3 Å². The lowest BCUT2D eigenvalue weighted by Crippen LogP contribution is -2.52. The van der Waals surface area contributed by atoms with Gasteiger partial charge in [0.1, 0.15) is 6.29 Å². The van der Waals surface area contributed by atoms with Crippen LogP contribution >= 0.6 is 0 Å². The van der Waals surface area contributed by atoms with E-state index in [2.05, 4.69) is 45.9 Å². The van der Waals surface area contributed by atoms with Gasteiger partial charge in [-0.15, -0.1) is 0 Å². The van der Waals surface area contributed by atoms with Gasteiger partial charge in [-0.2, -0.15) is 0 Å². The van der Waals surface area contributed by atoms with E-state index in [0.29, 0.717) is 19.3 Å². The first-order valence-electron chi connectivity index (χ1n) is 13.0. The number of rotatable bonds is 13. The Labute approximate surface area is 208 Å². The molecule has 1 saturated carbocycles. The Bertz CT molecular complexity index is 780. The van der Waals surface area contributed by atoms with Crippen LogP contribution in [0, 0.1) is 11.3 Å². The fraction of sp³-hybridized carbons (Fsp3) is 0.700. The molecule has 0 aromatic heterocycles. The maximum absolute atomic E-state index is 11.6. The number of aldehydes is 1. The summed E-state index contributed by atoms with van der Waals surface area (Å²) in [5, 5.41) is 31.5. The summed E-state index contributed by atoms with van der Waals surface area (Å²) in [4.78, 5) is 11.6. The molecule has 194 valence electrons. The minimum Gasteiger partial charge on any atom is -0.396 e. The molecule has 0 aromatic rings. The van der Waals surface area contributed by atoms with Crippen molar-refractivity contribution in [3.8, 4) is 0 Å². The van der Waals surface area contributed by atoms with Crippen molar-refractivity contribution in [3.05, 3.63) is 46.1 Å². The van der Waals surface area contributed by atoms with Crippen LogP contribution in [0.25, 0.3) is 0 Å². The van der Waals surface area contributed by atoms with Crippen LogP contribution < -0.4 is 0 Å². The van der Waals surface area contributed by atoms with E-state index >= 15 is 0 Å². The third-order valence-electron chi connectivity index (χ3n) is 8.07. The molecule has 1 aliphatic rings. The molecule has 3 N–H and O–H groups in total. The van der Waals surface area contributed by atoms with Gasteiger partial charge in [0, 0.05) is 12.0 Å². The maximum atomic E-state index is 11.6. The Hall–Kier alpha value is -1.49. The van der Waals surface area contributed by atoms with E-state index in [0.717, 1.165) is 61.5 Å². The predicted molar refractivity (Wildman–Crippen MR) is 143 cm³/mol. The van der Waals surface area contributed by atoms with E-state index in [1.807, 2.05) is 20.8 Å². The predicted octanol–water partition coefficient (Wildman–Crippen LogP) is 6.61. The van der Waals surface area contributed by atoms with Crippen LogP contribution in [-0.4, -0.2) is 39.9 Å². The molecule has 1 aliphatic carbocycles.